The van der Waals surface area contributed by atoms with Crippen molar-refractivity contribution in [2.45, 2.75) is 4.90 Å². The Balaban J connectivity index is 2.06. The Kier molecular flexibility index (Phi) is 7.74. The minimum absolute atomic E-state index is 0.0457. The van der Waals surface area contributed by atoms with Gasteiger partial charge in [0.15, 0.2) is 4.90 Å². The zero-order valence-corrected chi connectivity index (χ0v) is 20.0. The number of benzene rings is 3. The fraction of sp³-hybridized carbons (Fsp3) is 0.130. The van der Waals surface area contributed by atoms with E-state index >= 15 is 0 Å². The number of nitro groups is 1. The van der Waals surface area contributed by atoms with Crippen LogP contribution in [-0.4, -0.2) is 45.9 Å². The fourth-order valence-corrected chi connectivity index (χ4v) is 4.88. The van der Waals surface area contributed by atoms with Crippen molar-refractivity contribution in [3.05, 3.63) is 82.4 Å². The van der Waals surface area contributed by atoms with Gasteiger partial charge in [0.2, 0.25) is 11.8 Å². The maximum Gasteiger partial charge on any atom is 0.289 e. The zero-order chi connectivity index (χ0) is 26.5. The van der Waals surface area contributed by atoms with Crippen LogP contribution in [0.4, 0.5) is 17.1 Å². The Morgan fingerprint density at radius 2 is 1.69 bits per heavy atom. The van der Waals surface area contributed by atoms with E-state index in [4.69, 9.17) is 15.2 Å². The predicted octanol–water partition coefficient (Wildman–Crippen LogP) is 2.54. The first-order valence-corrected chi connectivity index (χ1v) is 11.7. The number of hydrogen-bond acceptors (Lipinski definition) is 8. The average molecular weight is 515 g/mol. The second kappa shape index (κ2) is 10.7. The first-order chi connectivity index (χ1) is 17.1. The van der Waals surface area contributed by atoms with Crippen LogP contribution in [0.5, 0.6) is 11.5 Å². The van der Waals surface area contributed by atoms with E-state index < -0.39 is 43.9 Å². The topological polar surface area (TPSA) is 171 Å². The molecular weight excluding hydrogens is 492 g/mol. The van der Waals surface area contributed by atoms with Crippen LogP contribution >= 0.6 is 0 Å². The molecule has 0 heterocycles. The van der Waals surface area contributed by atoms with Crippen molar-refractivity contribution in [3.8, 4) is 11.5 Å². The highest BCUT2D eigenvalue weighted by molar-refractivity contribution is 7.93. The summed E-state index contributed by atoms with van der Waals surface area (Å²) in [5, 5.41) is 14.1. The van der Waals surface area contributed by atoms with Gasteiger partial charge in [-0.15, -0.1) is 0 Å². The van der Waals surface area contributed by atoms with Crippen molar-refractivity contribution >= 4 is 38.9 Å². The molecular formula is C23H22N4O8S. The third-order valence-corrected chi connectivity index (χ3v) is 6.83. The smallest absolute Gasteiger partial charge is 0.289 e. The number of para-hydroxylation sites is 1. The lowest BCUT2D eigenvalue weighted by Crippen LogP contribution is -2.38. The number of anilines is 2. The first kappa shape index (κ1) is 26.0. The number of nitrogens with two attached hydrogens (primary N) is 1. The molecule has 0 radical (unpaired) electrons. The van der Waals surface area contributed by atoms with Crippen LogP contribution < -0.4 is 24.8 Å². The normalized spacial score (nSPS) is 10.8. The number of amides is 2. The lowest BCUT2D eigenvalue weighted by atomic mass is 10.2. The van der Waals surface area contributed by atoms with Gasteiger partial charge in [-0.25, -0.2) is 8.42 Å². The van der Waals surface area contributed by atoms with Gasteiger partial charge < -0.3 is 20.5 Å². The Morgan fingerprint density at radius 1 is 1.03 bits per heavy atom. The third kappa shape index (κ3) is 5.52. The summed E-state index contributed by atoms with van der Waals surface area (Å²) in [4.78, 5) is 34.3. The SMILES string of the molecule is COc1ccc(N(CC(=O)Nc2ccc(C(N)=O)cc2)S(=O)(=O)c2ccccc2[N+](=O)[O-])c(OC)c1. The number of carbonyl (C=O) groups excluding carboxylic acids is 2. The molecule has 13 heteroatoms. The van der Waals surface area contributed by atoms with Gasteiger partial charge in [0.05, 0.1) is 24.8 Å². The highest BCUT2D eigenvalue weighted by atomic mass is 32.2. The Hall–Kier alpha value is -4.65. The second-order valence-corrected chi connectivity index (χ2v) is 9.09. The van der Waals surface area contributed by atoms with E-state index in [0.717, 1.165) is 12.1 Å². The monoisotopic (exact) mass is 514 g/mol. The Bertz CT molecular complexity index is 1410. The standard InChI is InChI=1S/C23H22N4O8S/c1-34-17-11-12-18(20(13-17)35-2)26(36(32,33)21-6-4-3-5-19(21)27(30)31)14-22(28)25-16-9-7-15(8-10-16)23(24)29/h3-13H,14H2,1-2H3,(H2,24,29)(H,25,28). The number of methoxy groups -OCH3 is 2. The van der Waals surface area contributed by atoms with Crippen molar-refractivity contribution in [3.63, 3.8) is 0 Å². The molecule has 0 aliphatic heterocycles. The molecule has 0 fully saturated rings. The number of carbonyl (C=O) groups is 2. The molecule has 0 spiro atoms. The lowest BCUT2D eigenvalue weighted by Gasteiger charge is -2.25. The summed E-state index contributed by atoms with van der Waals surface area (Å²) in [6.07, 6.45) is 0. The van der Waals surface area contributed by atoms with Gasteiger partial charge in [-0.2, -0.15) is 0 Å². The molecule has 0 aromatic heterocycles. The summed E-state index contributed by atoms with van der Waals surface area (Å²) in [5.41, 5.74) is 5.00. The molecule has 0 bridgehead atoms. The summed E-state index contributed by atoms with van der Waals surface area (Å²) < 4.78 is 38.6. The van der Waals surface area contributed by atoms with Crippen LogP contribution in [0.25, 0.3) is 0 Å². The van der Waals surface area contributed by atoms with E-state index in [9.17, 15) is 28.1 Å². The van der Waals surface area contributed by atoms with Gasteiger partial charge in [0, 0.05) is 23.4 Å². The number of nitrogens with one attached hydrogen (secondary N) is 1. The van der Waals surface area contributed by atoms with Crippen LogP contribution in [0.2, 0.25) is 0 Å². The van der Waals surface area contributed by atoms with Crippen LogP contribution in [-0.2, 0) is 14.8 Å². The van der Waals surface area contributed by atoms with Crippen molar-refractivity contribution in [1.29, 1.82) is 0 Å². The number of sulfonamides is 1. The van der Waals surface area contributed by atoms with Crippen molar-refractivity contribution in [2.75, 3.05) is 30.4 Å². The molecule has 36 heavy (non-hydrogen) atoms. The molecule has 188 valence electrons. The van der Waals surface area contributed by atoms with Gasteiger partial charge in [-0.05, 0) is 42.5 Å². The van der Waals surface area contributed by atoms with Crippen molar-refractivity contribution in [1.82, 2.24) is 0 Å². The van der Waals surface area contributed by atoms with E-state index in [1.165, 1.54) is 68.8 Å². The molecule has 2 amide bonds. The summed E-state index contributed by atoms with van der Waals surface area (Å²) in [6.45, 7) is -0.755. The molecule has 0 unspecified atom stereocenters. The third-order valence-electron chi connectivity index (χ3n) is 5.03. The van der Waals surface area contributed by atoms with E-state index in [0.29, 0.717) is 10.1 Å². The minimum atomic E-state index is -4.64. The summed E-state index contributed by atoms with van der Waals surface area (Å²) in [5.74, 6) is -1.00. The van der Waals surface area contributed by atoms with E-state index in [1.54, 1.807) is 0 Å². The fourth-order valence-electron chi connectivity index (χ4n) is 3.28. The maximum atomic E-state index is 13.7. The molecule has 0 saturated heterocycles. The van der Waals surface area contributed by atoms with Gasteiger partial charge in [-0.3, -0.25) is 24.0 Å². The molecule has 0 atom stereocenters. The van der Waals surface area contributed by atoms with Gasteiger partial charge >= 0.3 is 0 Å². The lowest BCUT2D eigenvalue weighted by molar-refractivity contribution is -0.387. The van der Waals surface area contributed by atoms with Gasteiger partial charge in [-0.1, -0.05) is 12.1 Å². The highest BCUT2D eigenvalue weighted by Gasteiger charge is 2.34. The van der Waals surface area contributed by atoms with Crippen LogP contribution in [0, 0.1) is 10.1 Å². The summed E-state index contributed by atoms with van der Waals surface area (Å²) >= 11 is 0. The van der Waals surface area contributed by atoms with Crippen molar-refractivity contribution < 1.29 is 32.4 Å². The molecule has 0 aliphatic carbocycles. The number of hydrogen-bond donors (Lipinski definition) is 2. The van der Waals surface area contributed by atoms with E-state index in [-0.39, 0.29) is 22.7 Å². The average Bonchev–Trinajstić information content (AvgIpc) is 2.87. The van der Waals surface area contributed by atoms with Crippen molar-refractivity contribution in [2.24, 2.45) is 5.73 Å². The zero-order valence-electron chi connectivity index (χ0n) is 19.2. The van der Waals surface area contributed by atoms with Gasteiger partial charge in [0.1, 0.15) is 18.0 Å². The Morgan fingerprint density at radius 3 is 2.28 bits per heavy atom. The number of rotatable bonds is 10. The molecule has 0 aliphatic rings. The molecule has 3 rings (SSSR count). The van der Waals surface area contributed by atoms with Crippen LogP contribution in [0.15, 0.2) is 71.6 Å². The van der Waals surface area contributed by atoms with Crippen LogP contribution in [0.3, 0.4) is 0 Å². The number of nitro benzene ring substituents is 1. The summed E-state index contributed by atoms with van der Waals surface area (Å²) in [6, 6.07) is 14.7. The van der Waals surface area contributed by atoms with Crippen LogP contribution in [0.1, 0.15) is 10.4 Å². The van der Waals surface area contributed by atoms with Gasteiger partial charge in [0.25, 0.3) is 15.7 Å². The molecule has 0 saturated carbocycles. The second-order valence-electron chi connectivity index (χ2n) is 7.26. The van der Waals surface area contributed by atoms with E-state index in [1.807, 2.05) is 0 Å². The largest absolute Gasteiger partial charge is 0.497 e. The first-order valence-electron chi connectivity index (χ1n) is 10.3. The number of ether oxygens (including phenoxy) is 2. The maximum absolute atomic E-state index is 13.7. The minimum Gasteiger partial charge on any atom is -0.497 e. The Labute approximate surface area is 206 Å². The van der Waals surface area contributed by atoms with E-state index in [2.05, 4.69) is 5.32 Å². The molecule has 3 N–H and O–H groups in total. The predicted molar refractivity (Wildman–Crippen MR) is 131 cm³/mol. The number of primary amides is 1. The summed E-state index contributed by atoms with van der Waals surface area (Å²) in [7, 11) is -1.93. The number of nitrogens with zero attached hydrogens (tertiary/aromatic N) is 2. The highest BCUT2D eigenvalue weighted by Crippen LogP contribution is 2.37. The molecule has 3 aromatic rings. The molecule has 3 aromatic carbocycles. The molecule has 12 nitrogen and oxygen atoms in total. The quantitative estimate of drug-likeness (QED) is 0.307.